The average Bonchev–Trinajstić information content (AvgIpc) is 2.74. The Morgan fingerprint density at radius 3 is 2.48 bits per heavy atom. The molecule has 9 heteroatoms. The molecular weight excluding hydrogens is 394 g/mol. The summed E-state index contributed by atoms with van der Waals surface area (Å²) in [5.41, 5.74) is 1.34. The molecule has 0 saturated carbocycles. The fourth-order valence-corrected chi connectivity index (χ4v) is 2.96. The maximum absolute atomic E-state index is 12.6. The van der Waals surface area contributed by atoms with E-state index in [1.54, 1.807) is 0 Å². The highest BCUT2D eigenvalue weighted by molar-refractivity contribution is 6.32. The average molecular weight is 414 g/mol. The number of nitrogens with one attached hydrogen (secondary N) is 1. The Labute approximate surface area is 172 Å². The summed E-state index contributed by atoms with van der Waals surface area (Å²) in [7, 11) is 1.99. The molecule has 0 aliphatic carbocycles. The van der Waals surface area contributed by atoms with Crippen molar-refractivity contribution in [2.75, 3.05) is 23.8 Å². The van der Waals surface area contributed by atoms with Gasteiger partial charge in [0, 0.05) is 37.5 Å². The van der Waals surface area contributed by atoms with Gasteiger partial charge in [0.05, 0.1) is 22.5 Å². The number of nitro benzene ring substituents is 1. The van der Waals surface area contributed by atoms with Gasteiger partial charge in [-0.25, -0.2) is 0 Å². The number of nitro groups is 1. The molecule has 2 aromatic carbocycles. The SMILES string of the molecule is CC(CNc1cnn(-c2ccc([N+](=O)[O-])cc2)c(=O)c1Cl)N(C)c1ccccc1. The zero-order valence-electron chi connectivity index (χ0n) is 15.9. The van der Waals surface area contributed by atoms with Crippen LogP contribution in [0.3, 0.4) is 0 Å². The normalized spacial score (nSPS) is 11.7. The number of nitrogens with zero attached hydrogens (tertiary/aromatic N) is 4. The first-order valence-electron chi connectivity index (χ1n) is 8.93. The second-order valence-electron chi connectivity index (χ2n) is 6.54. The van der Waals surface area contributed by atoms with Crippen molar-refractivity contribution in [2.24, 2.45) is 0 Å². The third kappa shape index (κ3) is 4.55. The molecule has 0 aliphatic heterocycles. The number of likely N-dealkylation sites (N-methyl/N-ethyl adjacent to an activating group) is 1. The van der Waals surface area contributed by atoms with Crippen LogP contribution in [-0.2, 0) is 0 Å². The first-order chi connectivity index (χ1) is 13.9. The summed E-state index contributed by atoms with van der Waals surface area (Å²) in [6.07, 6.45) is 1.47. The van der Waals surface area contributed by atoms with Gasteiger partial charge in [0.15, 0.2) is 0 Å². The molecule has 0 amide bonds. The summed E-state index contributed by atoms with van der Waals surface area (Å²) >= 11 is 6.25. The van der Waals surface area contributed by atoms with Gasteiger partial charge in [-0.2, -0.15) is 9.78 Å². The minimum absolute atomic E-state index is 0.00733. The van der Waals surface area contributed by atoms with Gasteiger partial charge in [0.1, 0.15) is 5.02 Å². The molecule has 8 nitrogen and oxygen atoms in total. The Balaban J connectivity index is 1.74. The molecule has 0 aliphatic rings. The van der Waals surface area contributed by atoms with Gasteiger partial charge in [-0.3, -0.25) is 14.9 Å². The van der Waals surface area contributed by atoms with Crippen molar-refractivity contribution in [3.05, 3.63) is 86.3 Å². The molecule has 1 atom stereocenters. The van der Waals surface area contributed by atoms with Crippen LogP contribution in [-0.4, -0.2) is 34.3 Å². The second-order valence-corrected chi connectivity index (χ2v) is 6.92. The van der Waals surface area contributed by atoms with E-state index in [4.69, 9.17) is 11.6 Å². The highest BCUT2D eigenvalue weighted by Gasteiger charge is 2.14. The van der Waals surface area contributed by atoms with E-state index in [0.29, 0.717) is 17.9 Å². The number of hydrogen-bond donors (Lipinski definition) is 1. The second kappa shape index (κ2) is 8.74. The minimum Gasteiger partial charge on any atom is -0.380 e. The molecule has 1 N–H and O–H groups in total. The highest BCUT2D eigenvalue weighted by atomic mass is 35.5. The number of benzene rings is 2. The monoisotopic (exact) mass is 413 g/mol. The number of rotatable bonds is 7. The lowest BCUT2D eigenvalue weighted by molar-refractivity contribution is -0.384. The third-order valence-electron chi connectivity index (χ3n) is 4.64. The Bertz CT molecular complexity index is 1050. The first kappa shape index (κ1) is 20.3. The number of aromatic nitrogens is 2. The number of halogens is 1. The van der Waals surface area contributed by atoms with Crippen molar-refractivity contribution >= 4 is 28.7 Å². The molecule has 3 rings (SSSR count). The smallest absolute Gasteiger partial charge is 0.292 e. The lowest BCUT2D eigenvalue weighted by atomic mass is 10.2. The van der Waals surface area contributed by atoms with Crippen molar-refractivity contribution < 1.29 is 4.92 Å². The van der Waals surface area contributed by atoms with E-state index < -0.39 is 10.5 Å². The Kier molecular flexibility index (Phi) is 6.13. The van der Waals surface area contributed by atoms with Crippen LogP contribution in [0, 0.1) is 10.1 Å². The Morgan fingerprint density at radius 1 is 1.21 bits per heavy atom. The summed E-state index contributed by atoms with van der Waals surface area (Å²) in [6.45, 7) is 2.60. The van der Waals surface area contributed by atoms with Crippen LogP contribution in [0.1, 0.15) is 6.92 Å². The van der Waals surface area contributed by atoms with E-state index in [2.05, 4.69) is 22.2 Å². The number of anilines is 2. The van der Waals surface area contributed by atoms with Crippen LogP contribution in [0.2, 0.25) is 5.02 Å². The van der Waals surface area contributed by atoms with Crippen molar-refractivity contribution in [3.63, 3.8) is 0 Å². The van der Waals surface area contributed by atoms with Crippen LogP contribution < -0.4 is 15.8 Å². The van der Waals surface area contributed by atoms with Crippen molar-refractivity contribution in [1.29, 1.82) is 0 Å². The van der Waals surface area contributed by atoms with E-state index in [1.807, 2.05) is 37.4 Å². The van der Waals surface area contributed by atoms with Crippen molar-refractivity contribution in [1.82, 2.24) is 9.78 Å². The molecule has 1 aromatic heterocycles. The zero-order valence-corrected chi connectivity index (χ0v) is 16.7. The Morgan fingerprint density at radius 2 is 1.86 bits per heavy atom. The standard InChI is InChI=1S/C20H20ClN5O3/c1-14(24(2)15-6-4-3-5-7-15)12-22-18-13-23-25(20(27)19(18)21)16-8-10-17(11-9-16)26(28)29/h3-11,13-14,22H,12H2,1-2H3. The van der Waals surface area contributed by atoms with E-state index in [9.17, 15) is 14.9 Å². The highest BCUT2D eigenvalue weighted by Crippen LogP contribution is 2.19. The predicted molar refractivity (Wildman–Crippen MR) is 114 cm³/mol. The van der Waals surface area contributed by atoms with Gasteiger partial charge in [-0.15, -0.1) is 0 Å². The molecule has 150 valence electrons. The number of para-hydroxylation sites is 1. The van der Waals surface area contributed by atoms with E-state index >= 15 is 0 Å². The largest absolute Gasteiger partial charge is 0.380 e. The van der Waals surface area contributed by atoms with Gasteiger partial charge in [0.2, 0.25) is 0 Å². The lowest BCUT2D eigenvalue weighted by Gasteiger charge is -2.27. The van der Waals surface area contributed by atoms with Crippen molar-refractivity contribution in [3.8, 4) is 5.69 Å². The van der Waals surface area contributed by atoms with Crippen LogP contribution in [0.15, 0.2) is 65.6 Å². The quantitative estimate of drug-likeness (QED) is 0.468. The molecule has 0 spiro atoms. The molecule has 0 fully saturated rings. The van der Waals surface area contributed by atoms with Gasteiger partial charge >= 0.3 is 0 Å². The van der Waals surface area contributed by atoms with Gasteiger partial charge in [-0.1, -0.05) is 29.8 Å². The van der Waals surface area contributed by atoms with E-state index in [1.165, 1.54) is 30.5 Å². The fourth-order valence-electron chi connectivity index (χ4n) is 2.77. The minimum atomic E-state index is -0.506. The Hall–Kier alpha value is -3.39. The van der Waals surface area contributed by atoms with Crippen molar-refractivity contribution in [2.45, 2.75) is 13.0 Å². The molecule has 1 unspecified atom stereocenters. The number of hydrogen-bond acceptors (Lipinski definition) is 6. The summed E-state index contributed by atoms with van der Waals surface area (Å²) in [4.78, 5) is 25.0. The molecule has 0 saturated heterocycles. The fraction of sp³-hybridized carbons (Fsp3) is 0.200. The maximum atomic E-state index is 12.6. The van der Waals surface area contributed by atoms with E-state index in [0.717, 1.165) is 10.4 Å². The zero-order chi connectivity index (χ0) is 21.0. The number of non-ortho nitro benzene ring substituents is 1. The summed E-state index contributed by atoms with van der Waals surface area (Å²) in [5, 5.41) is 18.1. The first-order valence-corrected chi connectivity index (χ1v) is 9.30. The van der Waals surface area contributed by atoms with Crippen LogP contribution in [0.5, 0.6) is 0 Å². The predicted octanol–water partition coefficient (Wildman–Crippen LogP) is 3.73. The third-order valence-corrected chi connectivity index (χ3v) is 5.00. The molecule has 0 bridgehead atoms. The van der Waals surface area contributed by atoms with Gasteiger partial charge in [-0.05, 0) is 31.2 Å². The van der Waals surface area contributed by atoms with Crippen LogP contribution in [0.4, 0.5) is 17.1 Å². The molecule has 0 radical (unpaired) electrons. The van der Waals surface area contributed by atoms with Gasteiger partial charge in [0.25, 0.3) is 11.2 Å². The van der Waals surface area contributed by atoms with E-state index in [-0.39, 0.29) is 16.8 Å². The molecule has 29 heavy (non-hydrogen) atoms. The molecule has 3 aromatic rings. The lowest BCUT2D eigenvalue weighted by Crippen LogP contribution is -2.35. The summed E-state index contributed by atoms with van der Waals surface area (Å²) < 4.78 is 1.11. The van der Waals surface area contributed by atoms with Gasteiger partial charge < -0.3 is 10.2 Å². The molecule has 1 heterocycles. The summed E-state index contributed by atoms with van der Waals surface area (Å²) in [5.74, 6) is 0. The topological polar surface area (TPSA) is 93.3 Å². The van der Waals surface area contributed by atoms with Crippen LogP contribution >= 0.6 is 11.6 Å². The summed E-state index contributed by atoms with van der Waals surface area (Å²) in [6, 6.07) is 15.6. The molecular formula is C20H20ClN5O3. The van der Waals surface area contributed by atoms with Crippen LogP contribution in [0.25, 0.3) is 5.69 Å². The maximum Gasteiger partial charge on any atom is 0.292 e.